The summed E-state index contributed by atoms with van der Waals surface area (Å²) in [5.41, 5.74) is 0. The summed E-state index contributed by atoms with van der Waals surface area (Å²) in [5.74, 6) is -1.51. The van der Waals surface area contributed by atoms with E-state index >= 15 is 0 Å². The zero-order chi connectivity index (χ0) is 10.8. The second-order valence-electron chi connectivity index (χ2n) is 2.97. The van der Waals surface area contributed by atoms with E-state index in [0.29, 0.717) is 0 Å². The summed E-state index contributed by atoms with van der Waals surface area (Å²) < 4.78 is 0. The fraction of sp³-hybridized carbons (Fsp3) is 0.286. The predicted molar refractivity (Wildman–Crippen MR) is 45.4 cm³/mol. The van der Waals surface area contributed by atoms with E-state index in [1.807, 2.05) is 0 Å². The van der Waals surface area contributed by atoms with Crippen molar-refractivity contribution in [3.05, 3.63) is 12.2 Å². The maximum absolute atomic E-state index is 11.6. The lowest BCUT2D eigenvalue weighted by Gasteiger charge is -2.24. The number of nitrogens with one attached hydrogen (secondary N) is 2. The molecule has 0 bridgehead atoms. The van der Waals surface area contributed by atoms with Gasteiger partial charge in [-0.05, 0) is 0 Å². The summed E-state index contributed by atoms with van der Waals surface area (Å²) in [6, 6.07) is 0. The highest BCUT2D eigenvalue weighted by molar-refractivity contribution is 6.04. The van der Waals surface area contributed by atoms with Crippen LogP contribution in [-0.4, -0.2) is 50.9 Å². The smallest absolute Gasteiger partial charge is 0.292 e. The third kappa shape index (κ3) is 1.82. The van der Waals surface area contributed by atoms with Gasteiger partial charge in [0.1, 0.15) is 19.4 Å². The van der Waals surface area contributed by atoms with Crippen LogP contribution in [0.5, 0.6) is 0 Å². The second-order valence-corrected chi connectivity index (χ2v) is 2.97. The summed E-state index contributed by atoms with van der Waals surface area (Å²) >= 11 is 0. The quantitative estimate of drug-likeness (QED) is 0.515. The molecule has 0 aromatic carbocycles. The molecule has 1 aromatic rings. The topological polar surface area (TPSA) is 108 Å². The fourth-order valence-corrected chi connectivity index (χ4v) is 1.24. The van der Waals surface area contributed by atoms with Gasteiger partial charge in [0.15, 0.2) is 0 Å². The highest BCUT2D eigenvalue weighted by Crippen LogP contribution is 2.00. The number of carbonyl (C=O) groups excluding carboxylic acids is 3. The number of aromatic nitrogens is 3. The molecule has 1 aromatic heterocycles. The number of piperazine rings is 1. The molecule has 78 valence electrons. The molecule has 1 aliphatic rings. The number of hydrogen-bond donors (Lipinski definition) is 2. The first kappa shape index (κ1) is 9.31. The van der Waals surface area contributed by atoms with E-state index < -0.39 is 17.7 Å². The van der Waals surface area contributed by atoms with Crippen molar-refractivity contribution < 1.29 is 14.4 Å². The average molecular weight is 209 g/mol. The van der Waals surface area contributed by atoms with Gasteiger partial charge in [-0.1, -0.05) is 0 Å². The molecule has 0 unspecified atom stereocenters. The lowest BCUT2D eigenvalue weighted by Crippen LogP contribution is -2.53. The molecule has 0 atom stereocenters. The van der Waals surface area contributed by atoms with E-state index in [1.54, 1.807) is 0 Å². The number of imide groups is 1. The maximum Gasteiger partial charge on any atom is 0.292 e. The molecule has 2 N–H and O–H groups in total. The Morgan fingerprint density at radius 2 is 2.00 bits per heavy atom. The molecule has 2 heterocycles. The molecule has 1 saturated heterocycles. The molecule has 15 heavy (non-hydrogen) atoms. The van der Waals surface area contributed by atoms with Crippen LogP contribution in [0.4, 0.5) is 0 Å². The average Bonchev–Trinajstić information content (AvgIpc) is 2.67. The van der Waals surface area contributed by atoms with Crippen LogP contribution in [-0.2, 0) is 9.59 Å². The van der Waals surface area contributed by atoms with E-state index in [9.17, 15) is 14.4 Å². The van der Waals surface area contributed by atoms with Crippen molar-refractivity contribution in [1.82, 2.24) is 25.4 Å². The number of carbonyl (C=O) groups is 3. The zero-order valence-corrected chi connectivity index (χ0v) is 7.56. The van der Waals surface area contributed by atoms with Crippen LogP contribution in [0.25, 0.3) is 0 Å². The molecular weight excluding hydrogens is 202 g/mol. The minimum Gasteiger partial charge on any atom is -0.317 e. The van der Waals surface area contributed by atoms with E-state index in [2.05, 4.69) is 20.5 Å². The van der Waals surface area contributed by atoms with Gasteiger partial charge in [0.2, 0.25) is 17.6 Å². The Hall–Kier alpha value is -2.25. The first-order valence-electron chi connectivity index (χ1n) is 4.14. The van der Waals surface area contributed by atoms with Crippen LogP contribution in [0.15, 0.2) is 6.33 Å². The number of aromatic amines is 1. The molecule has 0 spiro atoms. The molecule has 8 heteroatoms. The third-order valence-electron chi connectivity index (χ3n) is 1.85. The van der Waals surface area contributed by atoms with Crippen LogP contribution in [0.1, 0.15) is 10.6 Å². The van der Waals surface area contributed by atoms with Crippen LogP contribution in [0.2, 0.25) is 0 Å². The normalized spacial score (nSPS) is 16.4. The maximum atomic E-state index is 11.6. The molecule has 0 saturated carbocycles. The van der Waals surface area contributed by atoms with Gasteiger partial charge in [-0.15, -0.1) is 0 Å². The van der Waals surface area contributed by atoms with Crippen LogP contribution < -0.4 is 5.32 Å². The van der Waals surface area contributed by atoms with Crippen molar-refractivity contribution in [3.63, 3.8) is 0 Å². The minimum absolute atomic E-state index is 0.0116. The van der Waals surface area contributed by atoms with Gasteiger partial charge in [-0.3, -0.25) is 24.8 Å². The lowest BCUT2D eigenvalue weighted by molar-refractivity contribution is -0.135. The van der Waals surface area contributed by atoms with Crippen LogP contribution in [0, 0.1) is 0 Å². The van der Waals surface area contributed by atoms with Gasteiger partial charge in [-0.2, -0.15) is 5.10 Å². The summed E-state index contributed by atoms with van der Waals surface area (Å²) in [6.07, 6.45) is 1.18. The SMILES string of the molecule is O=C1CN(C(=O)c2ncn[nH]2)CC(=O)N1. The van der Waals surface area contributed by atoms with Crippen molar-refractivity contribution in [3.8, 4) is 0 Å². The van der Waals surface area contributed by atoms with Gasteiger partial charge in [0.25, 0.3) is 5.91 Å². The Morgan fingerprint density at radius 1 is 1.33 bits per heavy atom. The first-order chi connectivity index (χ1) is 7.16. The van der Waals surface area contributed by atoms with E-state index in [1.165, 1.54) is 6.33 Å². The molecule has 1 fully saturated rings. The van der Waals surface area contributed by atoms with Crippen molar-refractivity contribution in [2.45, 2.75) is 0 Å². The predicted octanol–water partition coefficient (Wildman–Crippen LogP) is -2.10. The molecule has 8 nitrogen and oxygen atoms in total. The Balaban J connectivity index is 2.14. The molecular formula is C7H7N5O3. The summed E-state index contributed by atoms with van der Waals surface area (Å²) in [7, 11) is 0. The molecule has 2 rings (SSSR count). The molecule has 1 aliphatic heterocycles. The third-order valence-corrected chi connectivity index (χ3v) is 1.85. The van der Waals surface area contributed by atoms with Crippen molar-refractivity contribution in [2.24, 2.45) is 0 Å². The number of amides is 3. The highest BCUT2D eigenvalue weighted by atomic mass is 16.2. The van der Waals surface area contributed by atoms with Gasteiger partial charge >= 0.3 is 0 Å². The Bertz CT molecular complexity index is 396. The monoisotopic (exact) mass is 209 g/mol. The van der Waals surface area contributed by atoms with Crippen molar-refractivity contribution in [1.29, 1.82) is 0 Å². The van der Waals surface area contributed by atoms with E-state index in [4.69, 9.17) is 0 Å². The van der Waals surface area contributed by atoms with Gasteiger partial charge in [-0.25, -0.2) is 4.98 Å². The number of nitrogens with zero attached hydrogens (tertiary/aromatic N) is 3. The number of hydrogen-bond acceptors (Lipinski definition) is 5. The largest absolute Gasteiger partial charge is 0.317 e. The van der Waals surface area contributed by atoms with E-state index in [-0.39, 0.29) is 18.9 Å². The van der Waals surface area contributed by atoms with Crippen molar-refractivity contribution in [2.75, 3.05) is 13.1 Å². The van der Waals surface area contributed by atoms with Gasteiger partial charge in [0.05, 0.1) is 0 Å². The summed E-state index contributed by atoms with van der Waals surface area (Å²) in [5, 5.41) is 7.97. The zero-order valence-electron chi connectivity index (χ0n) is 7.56. The van der Waals surface area contributed by atoms with Crippen LogP contribution >= 0.6 is 0 Å². The van der Waals surface area contributed by atoms with Gasteiger partial charge in [0, 0.05) is 0 Å². The van der Waals surface area contributed by atoms with Crippen LogP contribution in [0.3, 0.4) is 0 Å². The van der Waals surface area contributed by atoms with Gasteiger partial charge < -0.3 is 4.90 Å². The standard InChI is InChI=1S/C7H7N5O3/c13-4-1-12(2-5(14)10-4)7(15)6-8-3-9-11-6/h3H,1-2H2,(H,8,9,11)(H,10,13,14). The number of H-pyrrole nitrogens is 1. The first-order valence-corrected chi connectivity index (χ1v) is 4.14. The Labute approximate surface area is 83.7 Å². The summed E-state index contributed by atoms with van der Waals surface area (Å²) in [4.78, 5) is 38.3. The Kier molecular flexibility index (Phi) is 2.16. The van der Waals surface area contributed by atoms with Crippen molar-refractivity contribution >= 4 is 17.7 Å². The second kappa shape index (κ2) is 3.48. The summed E-state index contributed by atoms with van der Waals surface area (Å²) in [6.45, 7) is -0.295. The molecule has 0 radical (unpaired) electrons. The lowest BCUT2D eigenvalue weighted by atomic mass is 10.3. The fourth-order valence-electron chi connectivity index (χ4n) is 1.24. The molecule has 3 amide bonds. The van der Waals surface area contributed by atoms with E-state index in [0.717, 1.165) is 4.90 Å². The minimum atomic E-state index is -0.518. The highest BCUT2D eigenvalue weighted by Gasteiger charge is 2.28. The number of rotatable bonds is 1. The molecule has 0 aliphatic carbocycles. The Morgan fingerprint density at radius 3 is 2.53 bits per heavy atom.